The molecule has 20 heavy (non-hydrogen) atoms. The van der Waals surface area contributed by atoms with E-state index in [1.807, 2.05) is 0 Å². The first-order valence-electron chi connectivity index (χ1n) is 8.02. The van der Waals surface area contributed by atoms with E-state index in [0.717, 1.165) is 19.3 Å². The molecule has 0 amide bonds. The summed E-state index contributed by atoms with van der Waals surface area (Å²) in [6.07, 6.45) is 10.7. The molecule has 0 aliphatic rings. The van der Waals surface area contributed by atoms with Crippen molar-refractivity contribution < 1.29 is 9.90 Å². The van der Waals surface area contributed by atoms with Crippen molar-refractivity contribution in [2.45, 2.75) is 71.1 Å². The molecule has 0 heterocycles. The van der Waals surface area contributed by atoms with Crippen molar-refractivity contribution in [1.82, 2.24) is 0 Å². The minimum atomic E-state index is -0.671. The van der Waals surface area contributed by atoms with Gasteiger partial charge in [-0.1, -0.05) is 56.9 Å². The third kappa shape index (κ3) is 7.32. The van der Waals surface area contributed by atoms with Gasteiger partial charge in [0.05, 0.1) is 0 Å². The quantitative estimate of drug-likeness (QED) is 0.578. The van der Waals surface area contributed by atoms with E-state index in [1.54, 1.807) is 0 Å². The summed E-state index contributed by atoms with van der Waals surface area (Å²) in [6, 6.07) is 8.80. The average molecular weight is 276 g/mol. The molecule has 0 unspecified atom stereocenters. The Labute approximate surface area is 123 Å². The van der Waals surface area contributed by atoms with E-state index in [9.17, 15) is 4.79 Å². The van der Waals surface area contributed by atoms with Gasteiger partial charge < -0.3 is 5.11 Å². The fourth-order valence-electron chi connectivity index (χ4n) is 2.53. The maximum Gasteiger partial charge on any atom is 0.303 e. The molecule has 2 nitrogen and oxygen atoms in total. The van der Waals surface area contributed by atoms with Gasteiger partial charge in [-0.3, -0.25) is 4.79 Å². The van der Waals surface area contributed by atoms with E-state index in [0.29, 0.717) is 6.42 Å². The molecule has 0 bridgehead atoms. The smallest absolute Gasteiger partial charge is 0.303 e. The summed E-state index contributed by atoms with van der Waals surface area (Å²) in [6.45, 7) is 2.24. The zero-order chi connectivity index (χ0) is 14.6. The van der Waals surface area contributed by atoms with E-state index in [2.05, 4.69) is 31.2 Å². The molecule has 0 aliphatic carbocycles. The Bertz CT molecular complexity index is 385. The van der Waals surface area contributed by atoms with Crippen LogP contribution >= 0.6 is 0 Å². The van der Waals surface area contributed by atoms with Gasteiger partial charge in [0, 0.05) is 6.42 Å². The number of aryl methyl sites for hydroxylation is 2. The van der Waals surface area contributed by atoms with E-state index in [4.69, 9.17) is 5.11 Å². The summed E-state index contributed by atoms with van der Waals surface area (Å²) < 4.78 is 0. The number of rotatable bonds is 11. The molecule has 0 atom stereocenters. The highest BCUT2D eigenvalue weighted by Crippen LogP contribution is 2.16. The molecule has 0 radical (unpaired) electrons. The molecule has 2 heteroatoms. The van der Waals surface area contributed by atoms with Gasteiger partial charge in [-0.2, -0.15) is 0 Å². The van der Waals surface area contributed by atoms with Crippen LogP contribution in [0.4, 0.5) is 0 Å². The van der Waals surface area contributed by atoms with Gasteiger partial charge >= 0.3 is 5.97 Å². The first kappa shape index (κ1) is 16.7. The summed E-state index contributed by atoms with van der Waals surface area (Å²) >= 11 is 0. The minimum Gasteiger partial charge on any atom is -0.481 e. The monoisotopic (exact) mass is 276 g/mol. The van der Waals surface area contributed by atoms with Crippen molar-refractivity contribution in [1.29, 1.82) is 0 Å². The van der Waals surface area contributed by atoms with Crippen LogP contribution in [0.5, 0.6) is 0 Å². The number of carbonyl (C=O) groups is 1. The summed E-state index contributed by atoms with van der Waals surface area (Å²) in [5.41, 5.74) is 3.02. The SMILES string of the molecule is CCCCc1ccccc1CCCCCCCC(=O)O. The van der Waals surface area contributed by atoms with Gasteiger partial charge in [0.1, 0.15) is 0 Å². The van der Waals surface area contributed by atoms with Crippen molar-refractivity contribution in [3.63, 3.8) is 0 Å². The van der Waals surface area contributed by atoms with Crippen molar-refractivity contribution in [2.75, 3.05) is 0 Å². The first-order chi connectivity index (χ1) is 9.74. The molecule has 0 spiro atoms. The number of carboxylic acid groups (broad SMARTS) is 1. The van der Waals surface area contributed by atoms with Crippen LogP contribution in [0.2, 0.25) is 0 Å². The zero-order valence-corrected chi connectivity index (χ0v) is 12.7. The normalized spacial score (nSPS) is 10.7. The molecular weight excluding hydrogens is 248 g/mol. The van der Waals surface area contributed by atoms with Crippen LogP contribution < -0.4 is 0 Å². The van der Waals surface area contributed by atoms with E-state index in [-0.39, 0.29) is 0 Å². The van der Waals surface area contributed by atoms with Gasteiger partial charge in [0.2, 0.25) is 0 Å². The van der Waals surface area contributed by atoms with Crippen LogP contribution in [-0.4, -0.2) is 11.1 Å². The third-order valence-electron chi connectivity index (χ3n) is 3.75. The second kappa shape index (κ2) is 10.5. The maximum absolute atomic E-state index is 10.4. The van der Waals surface area contributed by atoms with Crippen LogP contribution in [0, 0.1) is 0 Å². The number of carboxylic acids is 1. The number of benzene rings is 1. The van der Waals surface area contributed by atoms with Gasteiger partial charge in [-0.25, -0.2) is 0 Å². The Morgan fingerprint density at radius 3 is 2.05 bits per heavy atom. The second-order valence-electron chi connectivity index (χ2n) is 5.53. The Balaban J connectivity index is 2.19. The molecule has 1 aromatic rings. The summed E-state index contributed by atoms with van der Waals surface area (Å²) in [7, 11) is 0. The molecule has 0 aromatic heterocycles. The van der Waals surface area contributed by atoms with Gasteiger partial charge in [0.15, 0.2) is 0 Å². The van der Waals surface area contributed by atoms with Crippen LogP contribution in [0.1, 0.15) is 69.4 Å². The van der Waals surface area contributed by atoms with Crippen molar-refractivity contribution >= 4 is 5.97 Å². The largest absolute Gasteiger partial charge is 0.481 e. The standard InChI is InChI=1S/C18H28O2/c1-2-3-11-16-13-9-10-14-17(16)12-7-5-4-6-8-15-18(19)20/h9-10,13-14H,2-8,11-12,15H2,1H3,(H,19,20). The fourth-order valence-corrected chi connectivity index (χ4v) is 2.53. The van der Waals surface area contributed by atoms with Gasteiger partial charge in [0.25, 0.3) is 0 Å². The molecule has 1 rings (SSSR count). The lowest BCUT2D eigenvalue weighted by molar-refractivity contribution is -0.137. The Morgan fingerprint density at radius 1 is 0.900 bits per heavy atom. The Kier molecular flexibility index (Phi) is 8.77. The number of aliphatic carboxylic acids is 1. The molecule has 1 aromatic carbocycles. The lowest BCUT2D eigenvalue weighted by Gasteiger charge is -2.09. The number of hydrogen-bond donors (Lipinski definition) is 1. The molecule has 0 aliphatic heterocycles. The first-order valence-corrected chi connectivity index (χ1v) is 8.02. The molecular formula is C18H28O2. The minimum absolute atomic E-state index is 0.319. The van der Waals surface area contributed by atoms with Gasteiger partial charge in [-0.05, 0) is 43.2 Å². The topological polar surface area (TPSA) is 37.3 Å². The van der Waals surface area contributed by atoms with Crippen LogP contribution in [-0.2, 0) is 17.6 Å². The molecule has 1 N–H and O–H groups in total. The molecule has 0 fully saturated rings. The lowest BCUT2D eigenvalue weighted by atomic mass is 9.97. The number of unbranched alkanes of at least 4 members (excludes halogenated alkanes) is 5. The van der Waals surface area contributed by atoms with Crippen LogP contribution in [0.15, 0.2) is 24.3 Å². The zero-order valence-electron chi connectivity index (χ0n) is 12.7. The second-order valence-corrected chi connectivity index (χ2v) is 5.53. The molecule has 112 valence electrons. The number of hydrogen-bond acceptors (Lipinski definition) is 1. The Hall–Kier alpha value is -1.31. The Morgan fingerprint density at radius 2 is 1.45 bits per heavy atom. The fraction of sp³-hybridized carbons (Fsp3) is 0.611. The van der Waals surface area contributed by atoms with Crippen molar-refractivity contribution in [3.8, 4) is 0 Å². The van der Waals surface area contributed by atoms with Crippen molar-refractivity contribution in [3.05, 3.63) is 35.4 Å². The van der Waals surface area contributed by atoms with E-state index in [1.165, 1.54) is 49.7 Å². The molecule has 0 saturated carbocycles. The lowest BCUT2D eigenvalue weighted by Crippen LogP contribution is -1.95. The van der Waals surface area contributed by atoms with Crippen LogP contribution in [0.25, 0.3) is 0 Å². The third-order valence-corrected chi connectivity index (χ3v) is 3.75. The predicted octanol–water partition coefficient (Wildman–Crippen LogP) is 5.00. The van der Waals surface area contributed by atoms with Crippen LogP contribution in [0.3, 0.4) is 0 Å². The average Bonchev–Trinajstić information content (AvgIpc) is 2.44. The maximum atomic E-state index is 10.4. The predicted molar refractivity (Wildman–Crippen MR) is 84.1 cm³/mol. The van der Waals surface area contributed by atoms with Gasteiger partial charge in [-0.15, -0.1) is 0 Å². The van der Waals surface area contributed by atoms with E-state index >= 15 is 0 Å². The summed E-state index contributed by atoms with van der Waals surface area (Å²) in [4.78, 5) is 10.4. The highest BCUT2D eigenvalue weighted by molar-refractivity contribution is 5.66. The molecule has 0 saturated heterocycles. The summed E-state index contributed by atoms with van der Waals surface area (Å²) in [5, 5.41) is 8.57. The van der Waals surface area contributed by atoms with E-state index < -0.39 is 5.97 Å². The summed E-state index contributed by atoms with van der Waals surface area (Å²) in [5.74, 6) is -0.671. The highest BCUT2D eigenvalue weighted by Gasteiger charge is 2.02. The van der Waals surface area contributed by atoms with Crippen molar-refractivity contribution in [2.24, 2.45) is 0 Å². The highest BCUT2D eigenvalue weighted by atomic mass is 16.4.